The van der Waals surface area contributed by atoms with Crippen molar-refractivity contribution in [2.45, 2.75) is 26.7 Å². The number of carbonyl (C=O) groups excluding carboxylic acids is 2. The fourth-order valence-corrected chi connectivity index (χ4v) is 2.92. The van der Waals surface area contributed by atoms with Crippen molar-refractivity contribution in [2.24, 2.45) is 0 Å². The number of benzene rings is 2. The summed E-state index contributed by atoms with van der Waals surface area (Å²) in [4.78, 5) is 24.1. The van der Waals surface area contributed by atoms with Gasteiger partial charge in [-0.05, 0) is 56.7 Å². The highest BCUT2D eigenvalue weighted by Gasteiger charge is 2.13. The maximum absolute atomic E-state index is 12.3. The molecule has 156 valence electrons. The highest BCUT2D eigenvalue weighted by Crippen LogP contribution is 2.28. The number of hydrogen-bond donors (Lipinski definition) is 1. The largest absolute Gasteiger partial charge is 0.492 e. The molecule has 2 aromatic rings. The average molecular weight is 440 g/mol. The lowest BCUT2D eigenvalue weighted by molar-refractivity contribution is -0.116. The summed E-state index contributed by atoms with van der Waals surface area (Å²) in [5.41, 5.74) is 0.855. The van der Waals surface area contributed by atoms with E-state index in [1.54, 1.807) is 43.3 Å². The van der Waals surface area contributed by atoms with Crippen LogP contribution in [-0.2, 0) is 9.53 Å². The number of amides is 1. The Morgan fingerprint density at radius 3 is 2.45 bits per heavy atom. The van der Waals surface area contributed by atoms with Crippen molar-refractivity contribution >= 4 is 40.8 Å². The molecule has 0 aliphatic rings. The molecule has 1 N–H and O–H groups in total. The molecule has 0 aromatic heterocycles. The van der Waals surface area contributed by atoms with E-state index in [1.165, 1.54) is 0 Å². The molecule has 0 atom stereocenters. The van der Waals surface area contributed by atoms with E-state index >= 15 is 0 Å². The summed E-state index contributed by atoms with van der Waals surface area (Å²) < 4.78 is 16.1. The molecule has 0 saturated heterocycles. The minimum atomic E-state index is -0.440. The van der Waals surface area contributed by atoms with Crippen LogP contribution in [0, 0.1) is 0 Å². The van der Waals surface area contributed by atoms with Crippen LogP contribution >= 0.6 is 23.2 Å². The molecule has 6 nitrogen and oxygen atoms in total. The first-order valence-electron chi connectivity index (χ1n) is 9.26. The van der Waals surface area contributed by atoms with E-state index in [0.29, 0.717) is 52.4 Å². The van der Waals surface area contributed by atoms with Crippen LogP contribution in [0.5, 0.6) is 11.5 Å². The van der Waals surface area contributed by atoms with E-state index in [1.807, 2.05) is 6.92 Å². The number of esters is 1. The van der Waals surface area contributed by atoms with E-state index in [4.69, 9.17) is 37.4 Å². The fraction of sp³-hybridized carbons (Fsp3) is 0.333. The van der Waals surface area contributed by atoms with E-state index in [0.717, 1.165) is 0 Å². The van der Waals surface area contributed by atoms with Crippen LogP contribution in [0.2, 0.25) is 10.0 Å². The number of anilines is 1. The van der Waals surface area contributed by atoms with Gasteiger partial charge in [0.1, 0.15) is 11.5 Å². The zero-order valence-electron chi connectivity index (χ0n) is 16.3. The number of nitrogens with one attached hydrogen (secondary N) is 1. The number of rotatable bonds is 10. The van der Waals surface area contributed by atoms with Gasteiger partial charge in [0.15, 0.2) is 0 Å². The summed E-state index contributed by atoms with van der Waals surface area (Å²) in [5, 5.41) is 3.75. The second kappa shape index (κ2) is 11.5. The van der Waals surface area contributed by atoms with Gasteiger partial charge in [0.2, 0.25) is 5.91 Å². The summed E-state index contributed by atoms with van der Waals surface area (Å²) in [7, 11) is 0. The Morgan fingerprint density at radius 2 is 1.76 bits per heavy atom. The van der Waals surface area contributed by atoms with Crippen molar-refractivity contribution in [1.29, 1.82) is 0 Å². The third-order valence-corrected chi connectivity index (χ3v) is 4.30. The molecule has 8 heteroatoms. The summed E-state index contributed by atoms with van der Waals surface area (Å²) >= 11 is 11.9. The molecule has 2 rings (SSSR count). The maximum atomic E-state index is 12.3. The van der Waals surface area contributed by atoms with Gasteiger partial charge in [0.05, 0.1) is 36.1 Å². The Labute approximate surface area is 180 Å². The molecular weight excluding hydrogens is 417 g/mol. The normalized spacial score (nSPS) is 10.3. The van der Waals surface area contributed by atoms with Gasteiger partial charge in [0, 0.05) is 11.4 Å². The molecule has 0 saturated carbocycles. The molecule has 0 bridgehead atoms. The van der Waals surface area contributed by atoms with Crippen molar-refractivity contribution in [3.05, 3.63) is 52.0 Å². The Hall–Kier alpha value is -2.44. The lowest BCUT2D eigenvalue weighted by Crippen LogP contribution is -2.14. The van der Waals surface area contributed by atoms with Crippen LogP contribution in [-0.4, -0.2) is 31.7 Å². The Bertz CT molecular complexity index is 857. The second-order valence-corrected chi connectivity index (χ2v) is 6.78. The topological polar surface area (TPSA) is 73.9 Å². The van der Waals surface area contributed by atoms with Gasteiger partial charge in [-0.3, -0.25) is 4.79 Å². The number of halogens is 2. The zero-order chi connectivity index (χ0) is 21.2. The first kappa shape index (κ1) is 22.8. The third-order valence-electron chi connectivity index (χ3n) is 3.77. The first-order valence-corrected chi connectivity index (χ1v) is 10.0. The molecule has 0 radical (unpaired) electrons. The Balaban J connectivity index is 1.89. The van der Waals surface area contributed by atoms with E-state index < -0.39 is 5.97 Å². The second-order valence-electron chi connectivity index (χ2n) is 5.94. The highest BCUT2D eigenvalue weighted by molar-refractivity contribution is 6.35. The standard InChI is InChI=1S/C21H23Cl2NO5/c1-3-27-19-12-14(21(26)28-4-2)7-9-17(19)24-20(25)6-5-11-29-18-10-8-15(22)13-16(18)23/h7-10,12-13H,3-6,11H2,1-2H3,(H,24,25). The lowest BCUT2D eigenvalue weighted by atomic mass is 10.2. The van der Waals surface area contributed by atoms with Gasteiger partial charge in [0.25, 0.3) is 0 Å². The van der Waals surface area contributed by atoms with Crippen molar-refractivity contribution < 1.29 is 23.8 Å². The Morgan fingerprint density at radius 1 is 0.966 bits per heavy atom. The van der Waals surface area contributed by atoms with Gasteiger partial charge >= 0.3 is 5.97 Å². The molecule has 2 aromatic carbocycles. The molecule has 0 aliphatic heterocycles. The summed E-state index contributed by atoms with van der Waals surface area (Å²) in [6, 6.07) is 9.74. The van der Waals surface area contributed by atoms with Crippen molar-refractivity contribution in [2.75, 3.05) is 25.1 Å². The van der Waals surface area contributed by atoms with Gasteiger partial charge in [-0.15, -0.1) is 0 Å². The van der Waals surface area contributed by atoms with Crippen LogP contribution in [0.4, 0.5) is 5.69 Å². The summed E-state index contributed by atoms with van der Waals surface area (Å²) in [6.07, 6.45) is 0.742. The third kappa shape index (κ3) is 7.15. The van der Waals surface area contributed by atoms with Gasteiger partial charge in [-0.25, -0.2) is 4.79 Å². The first-order chi connectivity index (χ1) is 13.9. The maximum Gasteiger partial charge on any atom is 0.338 e. The zero-order valence-corrected chi connectivity index (χ0v) is 17.8. The van der Waals surface area contributed by atoms with Crippen LogP contribution < -0.4 is 14.8 Å². The summed E-state index contributed by atoms with van der Waals surface area (Å²) in [5.74, 6) is 0.297. The average Bonchev–Trinajstić information content (AvgIpc) is 2.68. The van der Waals surface area contributed by atoms with Crippen LogP contribution in [0.25, 0.3) is 0 Å². The van der Waals surface area contributed by atoms with Crippen molar-refractivity contribution in [3.8, 4) is 11.5 Å². The molecule has 0 aliphatic carbocycles. The molecular formula is C21H23Cl2NO5. The van der Waals surface area contributed by atoms with Crippen LogP contribution in [0.3, 0.4) is 0 Å². The predicted molar refractivity (Wildman–Crippen MR) is 113 cm³/mol. The quantitative estimate of drug-likeness (QED) is 0.397. The van der Waals surface area contributed by atoms with Gasteiger partial charge in [-0.2, -0.15) is 0 Å². The van der Waals surface area contributed by atoms with Crippen molar-refractivity contribution in [3.63, 3.8) is 0 Å². The minimum Gasteiger partial charge on any atom is -0.492 e. The van der Waals surface area contributed by atoms with E-state index in [2.05, 4.69) is 5.32 Å². The fourth-order valence-electron chi connectivity index (χ4n) is 2.46. The molecule has 0 spiro atoms. The van der Waals surface area contributed by atoms with Gasteiger partial charge in [-0.1, -0.05) is 23.2 Å². The Kier molecular flexibility index (Phi) is 9.09. The molecule has 1 amide bonds. The number of carbonyl (C=O) groups is 2. The molecule has 29 heavy (non-hydrogen) atoms. The number of hydrogen-bond acceptors (Lipinski definition) is 5. The van der Waals surface area contributed by atoms with Crippen LogP contribution in [0.1, 0.15) is 37.0 Å². The SMILES string of the molecule is CCOC(=O)c1ccc(NC(=O)CCCOc2ccc(Cl)cc2Cl)c(OCC)c1. The molecule has 0 heterocycles. The molecule has 0 fully saturated rings. The predicted octanol–water partition coefficient (Wildman–Crippen LogP) is 5.37. The minimum absolute atomic E-state index is 0.194. The van der Waals surface area contributed by atoms with Crippen molar-refractivity contribution in [1.82, 2.24) is 0 Å². The monoisotopic (exact) mass is 439 g/mol. The number of ether oxygens (including phenoxy) is 3. The molecule has 0 unspecified atom stereocenters. The van der Waals surface area contributed by atoms with Crippen LogP contribution in [0.15, 0.2) is 36.4 Å². The van der Waals surface area contributed by atoms with E-state index in [-0.39, 0.29) is 18.9 Å². The van der Waals surface area contributed by atoms with E-state index in [9.17, 15) is 9.59 Å². The lowest BCUT2D eigenvalue weighted by Gasteiger charge is -2.13. The van der Waals surface area contributed by atoms with Gasteiger partial charge < -0.3 is 19.5 Å². The summed E-state index contributed by atoms with van der Waals surface area (Å²) in [6.45, 7) is 4.56. The highest BCUT2D eigenvalue weighted by atomic mass is 35.5. The smallest absolute Gasteiger partial charge is 0.338 e.